The molecule has 0 radical (unpaired) electrons. The first-order valence-electron chi connectivity index (χ1n) is 4.07. The van der Waals surface area contributed by atoms with Crippen molar-refractivity contribution in [3.8, 4) is 0 Å². The van der Waals surface area contributed by atoms with E-state index in [9.17, 15) is 24.5 Å². The summed E-state index contributed by atoms with van der Waals surface area (Å²) in [5, 5.41) is 19.0. The lowest BCUT2D eigenvalue weighted by Crippen LogP contribution is -2.34. The maximum Gasteiger partial charge on any atom is 0.350 e. The molecule has 1 aromatic heterocycles. The smallest absolute Gasteiger partial charge is 0.350 e. The fourth-order valence-electron chi connectivity index (χ4n) is 1.01. The summed E-state index contributed by atoms with van der Waals surface area (Å²) < 4.78 is 0.571. The summed E-state index contributed by atoms with van der Waals surface area (Å²) in [6, 6.07) is -1.30. The van der Waals surface area contributed by atoms with Gasteiger partial charge in [0.25, 0.3) is 0 Å². The molecule has 2 N–H and O–H groups in total. The lowest BCUT2D eigenvalue weighted by atomic mass is 10.3. The Morgan fingerprint density at radius 1 is 1.62 bits per heavy atom. The maximum absolute atomic E-state index is 11.2. The SMILES string of the molecule is CC(C(=O)O)n1cc([N+](=O)[O-])c(=O)[nH]c1=O. The van der Waals surface area contributed by atoms with Crippen LogP contribution in [0.2, 0.25) is 0 Å². The first-order chi connectivity index (χ1) is 7.34. The molecule has 0 saturated carbocycles. The van der Waals surface area contributed by atoms with Crippen LogP contribution < -0.4 is 11.2 Å². The van der Waals surface area contributed by atoms with Crippen LogP contribution in [0, 0.1) is 10.1 Å². The van der Waals surface area contributed by atoms with E-state index in [1.165, 1.54) is 0 Å². The van der Waals surface area contributed by atoms with Crippen LogP contribution in [-0.2, 0) is 4.79 Å². The second-order valence-corrected chi connectivity index (χ2v) is 2.95. The van der Waals surface area contributed by atoms with Crippen LogP contribution >= 0.6 is 0 Å². The molecule has 0 bridgehead atoms. The van der Waals surface area contributed by atoms with Gasteiger partial charge in [0.15, 0.2) is 0 Å². The molecule has 9 heteroatoms. The van der Waals surface area contributed by atoms with Crippen molar-refractivity contribution >= 4 is 11.7 Å². The van der Waals surface area contributed by atoms with Crippen molar-refractivity contribution in [3.05, 3.63) is 37.1 Å². The van der Waals surface area contributed by atoms with E-state index < -0.39 is 33.9 Å². The zero-order chi connectivity index (χ0) is 12.5. The van der Waals surface area contributed by atoms with E-state index in [2.05, 4.69) is 0 Å². The summed E-state index contributed by atoms with van der Waals surface area (Å²) in [4.78, 5) is 43.8. The van der Waals surface area contributed by atoms with Crippen LogP contribution in [-0.4, -0.2) is 25.6 Å². The lowest BCUT2D eigenvalue weighted by Gasteiger charge is -2.08. The number of aromatic nitrogens is 2. The number of H-pyrrole nitrogens is 1. The van der Waals surface area contributed by atoms with Gasteiger partial charge in [0.2, 0.25) is 0 Å². The molecule has 1 heterocycles. The van der Waals surface area contributed by atoms with E-state index in [1.807, 2.05) is 0 Å². The zero-order valence-corrected chi connectivity index (χ0v) is 8.04. The van der Waals surface area contributed by atoms with Crippen LogP contribution in [0.15, 0.2) is 15.8 Å². The molecule has 1 rings (SSSR count). The largest absolute Gasteiger partial charge is 0.480 e. The lowest BCUT2D eigenvalue weighted by molar-refractivity contribution is -0.386. The van der Waals surface area contributed by atoms with Gasteiger partial charge in [-0.25, -0.2) is 9.59 Å². The third-order valence-electron chi connectivity index (χ3n) is 1.92. The molecule has 86 valence electrons. The van der Waals surface area contributed by atoms with Crippen molar-refractivity contribution in [3.63, 3.8) is 0 Å². The van der Waals surface area contributed by atoms with Crippen LogP contribution in [0.1, 0.15) is 13.0 Å². The molecule has 0 aliphatic heterocycles. The molecule has 1 aromatic rings. The summed E-state index contributed by atoms with van der Waals surface area (Å²) in [6.45, 7) is 1.16. The topological polar surface area (TPSA) is 135 Å². The van der Waals surface area contributed by atoms with Crippen LogP contribution in [0.3, 0.4) is 0 Å². The number of carboxylic acid groups (broad SMARTS) is 1. The summed E-state index contributed by atoms with van der Waals surface area (Å²) in [5.41, 5.74) is -3.05. The standard InChI is InChI=1S/C7H7N3O6/c1-3(6(12)13)9-2-4(10(15)16)5(11)8-7(9)14/h2-3H,1H3,(H,12,13)(H,8,11,14). The Morgan fingerprint density at radius 3 is 2.62 bits per heavy atom. The Labute approximate surface area is 87.1 Å². The summed E-state index contributed by atoms with van der Waals surface area (Å²) >= 11 is 0. The van der Waals surface area contributed by atoms with Gasteiger partial charge in [0, 0.05) is 0 Å². The number of hydrogen-bond donors (Lipinski definition) is 2. The molecule has 0 saturated heterocycles. The van der Waals surface area contributed by atoms with E-state index in [1.54, 1.807) is 4.98 Å². The van der Waals surface area contributed by atoms with Gasteiger partial charge in [-0.05, 0) is 6.92 Å². The first kappa shape index (κ1) is 11.6. The number of rotatable bonds is 3. The average Bonchev–Trinajstić information content (AvgIpc) is 2.16. The Hall–Kier alpha value is -2.45. The van der Waals surface area contributed by atoms with Crippen LogP contribution in [0.25, 0.3) is 0 Å². The summed E-state index contributed by atoms with van der Waals surface area (Å²) in [7, 11) is 0. The van der Waals surface area contributed by atoms with E-state index in [0.29, 0.717) is 10.8 Å². The van der Waals surface area contributed by atoms with Crippen molar-refractivity contribution in [1.29, 1.82) is 0 Å². The molecule has 0 amide bonds. The van der Waals surface area contributed by atoms with Gasteiger partial charge in [-0.1, -0.05) is 0 Å². The quantitative estimate of drug-likeness (QED) is 0.508. The van der Waals surface area contributed by atoms with Gasteiger partial charge in [0.1, 0.15) is 6.04 Å². The molecular formula is C7H7N3O6. The number of carbonyl (C=O) groups is 1. The van der Waals surface area contributed by atoms with Gasteiger partial charge in [0.05, 0.1) is 11.1 Å². The van der Waals surface area contributed by atoms with Gasteiger partial charge in [-0.3, -0.25) is 24.5 Å². The number of aromatic amines is 1. The number of nitrogens with one attached hydrogen (secondary N) is 1. The number of nitrogens with zero attached hydrogens (tertiary/aromatic N) is 2. The Bertz CT molecular complexity index is 556. The third kappa shape index (κ3) is 1.97. The summed E-state index contributed by atoms with van der Waals surface area (Å²) in [6.07, 6.45) is 0.611. The fourth-order valence-corrected chi connectivity index (χ4v) is 1.01. The monoisotopic (exact) mass is 229 g/mol. The Morgan fingerprint density at radius 2 is 2.19 bits per heavy atom. The first-order valence-corrected chi connectivity index (χ1v) is 4.07. The molecule has 1 unspecified atom stereocenters. The van der Waals surface area contributed by atoms with Crippen molar-refractivity contribution in [2.75, 3.05) is 0 Å². The van der Waals surface area contributed by atoms with Gasteiger partial charge < -0.3 is 5.11 Å². The van der Waals surface area contributed by atoms with Gasteiger partial charge in [-0.15, -0.1) is 0 Å². The van der Waals surface area contributed by atoms with Crippen LogP contribution in [0.4, 0.5) is 5.69 Å². The van der Waals surface area contributed by atoms with Crippen LogP contribution in [0.5, 0.6) is 0 Å². The molecule has 0 fully saturated rings. The minimum Gasteiger partial charge on any atom is -0.480 e. The highest BCUT2D eigenvalue weighted by atomic mass is 16.6. The number of hydrogen-bond acceptors (Lipinski definition) is 5. The fraction of sp³-hybridized carbons (Fsp3) is 0.286. The van der Waals surface area contributed by atoms with Crippen molar-refractivity contribution in [1.82, 2.24) is 9.55 Å². The molecular weight excluding hydrogens is 222 g/mol. The molecule has 0 aliphatic carbocycles. The zero-order valence-electron chi connectivity index (χ0n) is 8.04. The van der Waals surface area contributed by atoms with E-state index in [0.717, 1.165) is 6.92 Å². The minimum atomic E-state index is -1.34. The summed E-state index contributed by atoms with van der Waals surface area (Å²) in [5.74, 6) is -1.34. The highest BCUT2D eigenvalue weighted by Crippen LogP contribution is 2.05. The predicted molar refractivity (Wildman–Crippen MR) is 50.3 cm³/mol. The minimum absolute atomic E-state index is 0.571. The molecule has 9 nitrogen and oxygen atoms in total. The molecule has 0 aromatic carbocycles. The molecule has 16 heavy (non-hydrogen) atoms. The van der Waals surface area contributed by atoms with Crippen molar-refractivity contribution in [2.24, 2.45) is 0 Å². The second kappa shape index (κ2) is 3.96. The van der Waals surface area contributed by atoms with E-state index in [4.69, 9.17) is 5.11 Å². The van der Waals surface area contributed by atoms with E-state index in [-0.39, 0.29) is 0 Å². The third-order valence-corrected chi connectivity index (χ3v) is 1.92. The molecule has 0 spiro atoms. The van der Waals surface area contributed by atoms with Gasteiger partial charge >= 0.3 is 22.9 Å². The average molecular weight is 229 g/mol. The highest BCUT2D eigenvalue weighted by molar-refractivity contribution is 5.71. The van der Waals surface area contributed by atoms with E-state index >= 15 is 0 Å². The maximum atomic E-state index is 11.2. The predicted octanol–water partition coefficient (Wildman–Crippen LogP) is -0.910. The number of aliphatic carboxylic acids is 1. The van der Waals surface area contributed by atoms with Crippen molar-refractivity contribution < 1.29 is 14.8 Å². The van der Waals surface area contributed by atoms with Crippen molar-refractivity contribution in [2.45, 2.75) is 13.0 Å². The second-order valence-electron chi connectivity index (χ2n) is 2.95. The highest BCUT2D eigenvalue weighted by Gasteiger charge is 2.20. The normalized spacial score (nSPS) is 12.1. The molecule has 1 atom stereocenters. The number of nitro groups is 1. The molecule has 0 aliphatic rings. The number of carboxylic acids is 1. The van der Waals surface area contributed by atoms with Gasteiger partial charge in [-0.2, -0.15) is 0 Å². The Balaban J connectivity index is 3.48. The Kier molecular flexibility index (Phi) is 2.88.